The van der Waals surface area contributed by atoms with Crippen LogP contribution in [0.3, 0.4) is 0 Å². The SMILES string of the molecule is CCN(CC1CC1)c1nc(C)cc(CN)n1. The zero-order chi connectivity index (χ0) is 11.5. The number of nitrogens with zero attached hydrogens (tertiary/aromatic N) is 3. The maximum atomic E-state index is 5.63. The lowest BCUT2D eigenvalue weighted by Crippen LogP contribution is -2.27. The van der Waals surface area contributed by atoms with Crippen molar-refractivity contribution < 1.29 is 0 Å². The summed E-state index contributed by atoms with van der Waals surface area (Å²) < 4.78 is 0. The highest BCUT2D eigenvalue weighted by Crippen LogP contribution is 2.30. The Morgan fingerprint density at radius 2 is 2.19 bits per heavy atom. The van der Waals surface area contributed by atoms with Crippen molar-refractivity contribution in [1.29, 1.82) is 0 Å². The van der Waals surface area contributed by atoms with Gasteiger partial charge in [-0.2, -0.15) is 0 Å². The van der Waals surface area contributed by atoms with Gasteiger partial charge in [0, 0.05) is 25.3 Å². The van der Waals surface area contributed by atoms with Gasteiger partial charge in [-0.05, 0) is 38.7 Å². The van der Waals surface area contributed by atoms with Gasteiger partial charge in [-0.15, -0.1) is 0 Å². The van der Waals surface area contributed by atoms with Gasteiger partial charge in [0.1, 0.15) is 0 Å². The van der Waals surface area contributed by atoms with Gasteiger partial charge >= 0.3 is 0 Å². The van der Waals surface area contributed by atoms with Crippen molar-refractivity contribution in [3.8, 4) is 0 Å². The summed E-state index contributed by atoms with van der Waals surface area (Å²) in [6, 6.07) is 1.95. The Labute approximate surface area is 96.9 Å². The van der Waals surface area contributed by atoms with Crippen molar-refractivity contribution in [2.75, 3.05) is 18.0 Å². The number of hydrogen-bond donors (Lipinski definition) is 1. The zero-order valence-electron chi connectivity index (χ0n) is 10.1. The third kappa shape index (κ3) is 2.70. The molecule has 0 atom stereocenters. The van der Waals surface area contributed by atoms with Gasteiger partial charge in [0.2, 0.25) is 5.95 Å². The molecule has 4 heteroatoms. The molecule has 88 valence electrons. The van der Waals surface area contributed by atoms with Crippen LogP contribution in [0, 0.1) is 12.8 Å². The Bertz CT molecular complexity index is 360. The molecule has 1 aromatic rings. The van der Waals surface area contributed by atoms with E-state index in [1.807, 2.05) is 13.0 Å². The van der Waals surface area contributed by atoms with Crippen LogP contribution in [0.1, 0.15) is 31.2 Å². The third-order valence-electron chi connectivity index (χ3n) is 2.94. The lowest BCUT2D eigenvalue weighted by molar-refractivity contribution is 0.713. The normalized spacial score (nSPS) is 15.2. The monoisotopic (exact) mass is 220 g/mol. The largest absolute Gasteiger partial charge is 0.341 e. The molecule has 1 aliphatic carbocycles. The molecule has 1 heterocycles. The molecule has 0 saturated heterocycles. The zero-order valence-corrected chi connectivity index (χ0v) is 10.1. The lowest BCUT2D eigenvalue weighted by Gasteiger charge is -2.21. The van der Waals surface area contributed by atoms with Crippen molar-refractivity contribution in [2.45, 2.75) is 33.2 Å². The molecule has 1 aromatic heterocycles. The minimum Gasteiger partial charge on any atom is -0.341 e. The van der Waals surface area contributed by atoms with E-state index in [0.29, 0.717) is 6.54 Å². The molecule has 1 saturated carbocycles. The quantitative estimate of drug-likeness (QED) is 0.816. The van der Waals surface area contributed by atoms with E-state index in [0.717, 1.165) is 36.3 Å². The topological polar surface area (TPSA) is 55.0 Å². The molecule has 0 bridgehead atoms. The van der Waals surface area contributed by atoms with Gasteiger partial charge in [0.15, 0.2) is 0 Å². The fourth-order valence-corrected chi connectivity index (χ4v) is 1.83. The molecule has 0 spiro atoms. The van der Waals surface area contributed by atoms with Crippen LogP contribution in [0.5, 0.6) is 0 Å². The van der Waals surface area contributed by atoms with Crippen LogP contribution in [0.4, 0.5) is 5.95 Å². The van der Waals surface area contributed by atoms with Crippen LogP contribution in [-0.2, 0) is 6.54 Å². The predicted octanol–water partition coefficient (Wildman–Crippen LogP) is 1.48. The van der Waals surface area contributed by atoms with E-state index in [1.165, 1.54) is 12.8 Å². The van der Waals surface area contributed by atoms with E-state index in [2.05, 4.69) is 21.8 Å². The molecule has 1 fully saturated rings. The summed E-state index contributed by atoms with van der Waals surface area (Å²) in [7, 11) is 0. The number of nitrogens with two attached hydrogens (primary N) is 1. The lowest BCUT2D eigenvalue weighted by atomic mass is 10.3. The minimum absolute atomic E-state index is 0.483. The van der Waals surface area contributed by atoms with Crippen LogP contribution in [0.25, 0.3) is 0 Å². The molecule has 16 heavy (non-hydrogen) atoms. The maximum absolute atomic E-state index is 5.63. The molecular formula is C12H20N4. The van der Waals surface area contributed by atoms with Crippen LogP contribution < -0.4 is 10.6 Å². The Morgan fingerprint density at radius 1 is 1.44 bits per heavy atom. The molecule has 0 aromatic carbocycles. The molecule has 0 amide bonds. The summed E-state index contributed by atoms with van der Waals surface area (Å²) in [6.45, 7) is 6.68. The number of aryl methyl sites for hydroxylation is 1. The van der Waals surface area contributed by atoms with Crippen molar-refractivity contribution in [1.82, 2.24) is 9.97 Å². The van der Waals surface area contributed by atoms with Crippen LogP contribution >= 0.6 is 0 Å². The molecular weight excluding hydrogens is 200 g/mol. The number of rotatable bonds is 5. The fourth-order valence-electron chi connectivity index (χ4n) is 1.83. The average molecular weight is 220 g/mol. The Balaban J connectivity index is 2.17. The first-order chi connectivity index (χ1) is 7.72. The Morgan fingerprint density at radius 3 is 2.75 bits per heavy atom. The van der Waals surface area contributed by atoms with Crippen LogP contribution in [0.15, 0.2) is 6.07 Å². The first kappa shape index (κ1) is 11.3. The summed E-state index contributed by atoms with van der Waals surface area (Å²) in [5, 5.41) is 0. The van der Waals surface area contributed by atoms with Crippen LogP contribution in [0.2, 0.25) is 0 Å². The Hall–Kier alpha value is -1.16. The molecule has 0 aliphatic heterocycles. The van der Waals surface area contributed by atoms with Crippen molar-refractivity contribution in [3.63, 3.8) is 0 Å². The van der Waals surface area contributed by atoms with Gasteiger partial charge in [-0.3, -0.25) is 0 Å². The van der Waals surface area contributed by atoms with Crippen molar-refractivity contribution in [2.24, 2.45) is 11.7 Å². The van der Waals surface area contributed by atoms with Crippen LogP contribution in [-0.4, -0.2) is 23.1 Å². The van der Waals surface area contributed by atoms with E-state index in [1.54, 1.807) is 0 Å². The molecule has 0 radical (unpaired) electrons. The maximum Gasteiger partial charge on any atom is 0.225 e. The third-order valence-corrected chi connectivity index (χ3v) is 2.94. The Kier molecular flexibility index (Phi) is 3.39. The molecule has 1 aliphatic rings. The standard InChI is InChI=1S/C12H20N4/c1-3-16(8-10-4-5-10)12-14-9(2)6-11(7-13)15-12/h6,10H,3-5,7-8,13H2,1-2H3. The molecule has 4 nitrogen and oxygen atoms in total. The minimum atomic E-state index is 0.483. The van der Waals surface area contributed by atoms with Gasteiger partial charge < -0.3 is 10.6 Å². The highest BCUT2D eigenvalue weighted by Gasteiger charge is 2.24. The summed E-state index contributed by atoms with van der Waals surface area (Å²) in [4.78, 5) is 11.2. The van der Waals surface area contributed by atoms with E-state index in [9.17, 15) is 0 Å². The van der Waals surface area contributed by atoms with Gasteiger partial charge in [0.05, 0.1) is 5.69 Å². The second-order valence-electron chi connectivity index (χ2n) is 4.49. The van der Waals surface area contributed by atoms with Crippen molar-refractivity contribution in [3.05, 3.63) is 17.5 Å². The van der Waals surface area contributed by atoms with E-state index < -0.39 is 0 Å². The summed E-state index contributed by atoms with van der Waals surface area (Å²) in [5.41, 5.74) is 7.56. The molecule has 2 rings (SSSR count). The first-order valence-corrected chi connectivity index (χ1v) is 6.02. The smallest absolute Gasteiger partial charge is 0.225 e. The average Bonchev–Trinajstić information content (AvgIpc) is 3.08. The van der Waals surface area contributed by atoms with E-state index >= 15 is 0 Å². The highest BCUT2D eigenvalue weighted by atomic mass is 15.2. The fraction of sp³-hybridized carbons (Fsp3) is 0.667. The van der Waals surface area contributed by atoms with Gasteiger partial charge in [-0.25, -0.2) is 9.97 Å². The van der Waals surface area contributed by atoms with Gasteiger partial charge in [0.25, 0.3) is 0 Å². The second-order valence-corrected chi connectivity index (χ2v) is 4.49. The van der Waals surface area contributed by atoms with E-state index in [4.69, 9.17) is 5.73 Å². The highest BCUT2D eigenvalue weighted by molar-refractivity contribution is 5.32. The summed E-state index contributed by atoms with van der Waals surface area (Å²) in [5.74, 6) is 1.69. The predicted molar refractivity (Wildman–Crippen MR) is 65.3 cm³/mol. The first-order valence-electron chi connectivity index (χ1n) is 6.02. The van der Waals surface area contributed by atoms with Gasteiger partial charge in [-0.1, -0.05) is 0 Å². The second kappa shape index (κ2) is 4.78. The molecule has 0 unspecified atom stereocenters. The van der Waals surface area contributed by atoms with E-state index in [-0.39, 0.29) is 0 Å². The number of aromatic nitrogens is 2. The molecule has 2 N–H and O–H groups in total. The summed E-state index contributed by atoms with van der Waals surface area (Å²) >= 11 is 0. The van der Waals surface area contributed by atoms with Crippen molar-refractivity contribution >= 4 is 5.95 Å². The number of anilines is 1. The summed E-state index contributed by atoms with van der Waals surface area (Å²) in [6.07, 6.45) is 2.71. The number of hydrogen-bond acceptors (Lipinski definition) is 4.